The van der Waals surface area contributed by atoms with Crippen molar-refractivity contribution in [3.63, 3.8) is 0 Å². The number of hydrogen-bond donors (Lipinski definition) is 7. The summed E-state index contributed by atoms with van der Waals surface area (Å²) in [5, 5.41) is 20.4. The van der Waals surface area contributed by atoms with Crippen LogP contribution in [-0.2, 0) is 30.5 Å². The van der Waals surface area contributed by atoms with Gasteiger partial charge in [-0.15, -0.1) is 0 Å². The van der Waals surface area contributed by atoms with Crippen molar-refractivity contribution in [2.24, 2.45) is 17.4 Å². The Morgan fingerprint density at radius 3 is 2.02 bits per heavy atom. The fourth-order valence-electron chi connectivity index (χ4n) is 4.62. The molecular weight excluding hydrogens is 648 g/mol. The minimum absolute atomic E-state index is 0.164. The van der Waals surface area contributed by atoms with Crippen LogP contribution in [0.5, 0.6) is 0 Å². The Bertz CT molecular complexity index is 1600. The Kier molecular flexibility index (Phi) is 14.7. The predicted molar refractivity (Wildman–Crippen MR) is 182 cm³/mol. The number of hydrogen-bond acceptors (Lipinski definition) is 9. The number of anilines is 1. The second kappa shape index (κ2) is 19.1. The van der Waals surface area contributed by atoms with Gasteiger partial charge in [0, 0.05) is 17.8 Å². The Balaban J connectivity index is 1.62. The summed E-state index contributed by atoms with van der Waals surface area (Å²) < 4.78 is 10.4. The number of nitrogens with two attached hydrogens (primary N) is 2. The zero-order valence-corrected chi connectivity index (χ0v) is 27.7. The smallest absolute Gasteiger partial charge is 0.478 e. The first kappa shape index (κ1) is 38.5. The molecule has 2 unspecified atom stereocenters. The molecule has 0 bridgehead atoms. The maximum atomic E-state index is 13.1. The summed E-state index contributed by atoms with van der Waals surface area (Å²) in [5.74, 6) is -3.26. The van der Waals surface area contributed by atoms with Crippen LogP contribution < -0.4 is 32.7 Å². The van der Waals surface area contributed by atoms with Crippen molar-refractivity contribution in [1.29, 1.82) is 0 Å². The lowest BCUT2D eigenvalue weighted by molar-refractivity contribution is -0.150. The number of urea groups is 1. The van der Waals surface area contributed by atoms with E-state index in [4.69, 9.17) is 20.9 Å². The molecule has 3 aromatic carbocycles. The molecule has 0 saturated heterocycles. The van der Waals surface area contributed by atoms with Gasteiger partial charge in [0.25, 0.3) is 5.91 Å². The largest absolute Gasteiger partial charge is 0.509 e. The maximum absolute atomic E-state index is 13.1. The predicted octanol–water partition coefficient (Wildman–Crippen LogP) is 2.82. The van der Waals surface area contributed by atoms with E-state index in [0.717, 1.165) is 0 Å². The van der Waals surface area contributed by atoms with Crippen LogP contribution >= 0.6 is 0 Å². The number of carboxylic acids is 1. The molecule has 0 aliphatic carbocycles. The van der Waals surface area contributed by atoms with Gasteiger partial charge in [-0.1, -0.05) is 74.5 Å². The lowest BCUT2D eigenvalue weighted by Gasteiger charge is -2.25. The highest BCUT2D eigenvalue weighted by atomic mass is 16.7. The van der Waals surface area contributed by atoms with Crippen molar-refractivity contribution >= 4 is 41.6 Å². The lowest BCUT2D eigenvalue weighted by Crippen LogP contribution is -2.51. The number of rotatable bonds is 17. The van der Waals surface area contributed by atoms with Crippen molar-refractivity contribution in [2.45, 2.75) is 57.5 Å². The molecule has 5 amide bonds. The number of aliphatic carboxylic acids is 1. The van der Waals surface area contributed by atoms with E-state index >= 15 is 0 Å². The van der Waals surface area contributed by atoms with E-state index in [1.807, 2.05) is 0 Å². The van der Waals surface area contributed by atoms with Crippen LogP contribution in [0.15, 0.2) is 84.9 Å². The molecule has 3 aromatic rings. The molecule has 4 atom stereocenters. The van der Waals surface area contributed by atoms with Crippen molar-refractivity contribution in [1.82, 2.24) is 16.0 Å². The van der Waals surface area contributed by atoms with Gasteiger partial charge in [-0.05, 0) is 54.2 Å². The first-order valence-corrected chi connectivity index (χ1v) is 15.8. The molecule has 0 saturated carbocycles. The van der Waals surface area contributed by atoms with Gasteiger partial charge in [0.1, 0.15) is 18.7 Å². The van der Waals surface area contributed by atoms with Crippen LogP contribution in [0.2, 0.25) is 0 Å². The van der Waals surface area contributed by atoms with Crippen LogP contribution in [0.4, 0.5) is 15.3 Å². The molecular formula is C35H42N6O9. The molecule has 266 valence electrons. The molecule has 0 aliphatic heterocycles. The van der Waals surface area contributed by atoms with Crippen molar-refractivity contribution in [2.75, 3.05) is 11.9 Å². The van der Waals surface area contributed by atoms with E-state index in [9.17, 15) is 33.9 Å². The van der Waals surface area contributed by atoms with Crippen LogP contribution in [-0.4, -0.2) is 65.7 Å². The molecule has 15 nitrogen and oxygen atoms in total. The van der Waals surface area contributed by atoms with E-state index in [1.165, 1.54) is 0 Å². The summed E-state index contributed by atoms with van der Waals surface area (Å²) in [6, 6.07) is 18.8. The van der Waals surface area contributed by atoms with Gasteiger partial charge in [0.2, 0.25) is 17.9 Å². The molecule has 0 heterocycles. The summed E-state index contributed by atoms with van der Waals surface area (Å²) in [6.07, 6.45) is -2.58. The Labute approximate surface area is 289 Å². The molecule has 9 N–H and O–H groups in total. The number of amides is 5. The first-order chi connectivity index (χ1) is 23.8. The van der Waals surface area contributed by atoms with E-state index in [2.05, 4.69) is 21.3 Å². The zero-order chi connectivity index (χ0) is 36.6. The van der Waals surface area contributed by atoms with Crippen LogP contribution in [0.1, 0.15) is 54.2 Å². The second-order valence-corrected chi connectivity index (χ2v) is 11.6. The molecule has 50 heavy (non-hydrogen) atoms. The minimum atomic E-state index is -1.83. The second-order valence-electron chi connectivity index (χ2n) is 11.6. The van der Waals surface area contributed by atoms with E-state index in [0.29, 0.717) is 23.2 Å². The summed E-state index contributed by atoms with van der Waals surface area (Å²) in [5.41, 5.74) is 12.6. The number of carbonyl (C=O) groups excluding carboxylic acids is 5. The number of carbonyl (C=O) groups is 6. The van der Waals surface area contributed by atoms with Gasteiger partial charge in [0.05, 0.1) is 6.04 Å². The average molecular weight is 691 g/mol. The first-order valence-electron chi connectivity index (χ1n) is 15.8. The van der Waals surface area contributed by atoms with Gasteiger partial charge < -0.3 is 47.3 Å². The Morgan fingerprint density at radius 1 is 0.820 bits per heavy atom. The fourth-order valence-corrected chi connectivity index (χ4v) is 4.62. The lowest BCUT2D eigenvalue weighted by atomic mass is 10.0. The molecule has 0 radical (unpaired) electrons. The van der Waals surface area contributed by atoms with E-state index < -0.39 is 60.1 Å². The van der Waals surface area contributed by atoms with E-state index in [1.54, 1.807) is 98.8 Å². The van der Waals surface area contributed by atoms with Crippen molar-refractivity contribution < 1.29 is 43.3 Å². The van der Waals surface area contributed by atoms with Gasteiger partial charge in [0.15, 0.2) is 0 Å². The third-order valence-electron chi connectivity index (χ3n) is 7.45. The number of carboxylic acid groups (broad SMARTS) is 1. The standard InChI is InChI=1S/C35H42N6O9/c1-21(2)27(36)32(44)40-26(14-9-19-38-34(37)47)31(43)39-25-17-15-22(16-18-25)20-49-35(48)50-29(33(45)46)28(23-10-5-3-6-11-23)41-30(42)24-12-7-4-8-13-24/h3-8,10-13,15-18,21,26-29H,9,14,19-20,36H2,1-2H3,(H,39,43)(H,40,44)(H,41,42)(H,45,46)(H3,37,38,47)/t26?,27?,28-,29+/m0/s1. The number of benzene rings is 3. The van der Waals surface area contributed by atoms with Crippen molar-refractivity contribution in [3.05, 3.63) is 102 Å². The molecule has 15 heteroatoms. The average Bonchev–Trinajstić information content (AvgIpc) is 3.10. The Morgan fingerprint density at radius 2 is 1.44 bits per heavy atom. The molecule has 0 aromatic heterocycles. The number of ether oxygens (including phenoxy) is 2. The summed E-state index contributed by atoms with van der Waals surface area (Å²) in [6.45, 7) is 3.45. The molecule has 0 aliphatic rings. The van der Waals surface area contributed by atoms with Gasteiger partial charge >= 0.3 is 18.2 Å². The normalized spacial score (nSPS) is 13.1. The molecule has 3 rings (SSSR count). The zero-order valence-electron chi connectivity index (χ0n) is 27.7. The highest BCUT2D eigenvalue weighted by Crippen LogP contribution is 2.22. The summed E-state index contributed by atoms with van der Waals surface area (Å²) >= 11 is 0. The van der Waals surface area contributed by atoms with E-state index in [-0.39, 0.29) is 31.1 Å². The summed E-state index contributed by atoms with van der Waals surface area (Å²) in [4.78, 5) is 74.5. The van der Waals surface area contributed by atoms with Crippen LogP contribution in [0.25, 0.3) is 0 Å². The van der Waals surface area contributed by atoms with Crippen molar-refractivity contribution in [3.8, 4) is 0 Å². The van der Waals surface area contributed by atoms with Gasteiger partial charge in [-0.2, -0.15) is 0 Å². The Hall–Kier alpha value is -5.96. The number of nitrogens with one attached hydrogen (secondary N) is 4. The maximum Gasteiger partial charge on any atom is 0.509 e. The monoisotopic (exact) mass is 690 g/mol. The third kappa shape index (κ3) is 12.2. The topological polar surface area (TPSA) is 241 Å². The SMILES string of the molecule is CC(C)C(N)C(=O)NC(CCCNC(N)=O)C(=O)Nc1ccc(COC(=O)O[C@@H](C(=O)O)[C@@H](NC(=O)c2ccccc2)c2ccccc2)cc1. The van der Waals surface area contributed by atoms with Gasteiger partial charge in [-0.25, -0.2) is 14.4 Å². The highest BCUT2D eigenvalue weighted by Gasteiger charge is 2.35. The quantitative estimate of drug-likeness (QED) is 0.0807. The van der Waals surface area contributed by atoms with Crippen LogP contribution in [0, 0.1) is 5.92 Å². The molecule has 0 spiro atoms. The summed E-state index contributed by atoms with van der Waals surface area (Å²) in [7, 11) is 0. The number of primary amides is 1. The fraction of sp³-hybridized carbons (Fsp3) is 0.314. The van der Waals surface area contributed by atoms with Crippen LogP contribution in [0.3, 0.4) is 0 Å². The highest BCUT2D eigenvalue weighted by molar-refractivity contribution is 5.98. The third-order valence-corrected chi connectivity index (χ3v) is 7.45. The van der Waals surface area contributed by atoms with Gasteiger partial charge in [-0.3, -0.25) is 14.4 Å². The molecule has 0 fully saturated rings. The minimum Gasteiger partial charge on any atom is -0.478 e.